The Morgan fingerprint density at radius 3 is 2.33 bits per heavy atom. The molecule has 0 N–H and O–H groups in total. The second-order valence-corrected chi connectivity index (χ2v) is 4.81. The van der Waals surface area contributed by atoms with E-state index < -0.39 is 0 Å². The number of hydrogen-bond acceptors (Lipinski definition) is 4. The molecule has 0 fully saturated rings. The number of nitrogens with zero attached hydrogens (tertiary/aromatic N) is 2. The fourth-order valence-electron chi connectivity index (χ4n) is 2.17. The molecular formula is C15H11ClN2O3. The maximum Gasteiger partial charge on any atom is 0.261 e. The zero-order chi connectivity index (χ0) is 14.8. The van der Waals surface area contributed by atoms with Gasteiger partial charge in [-0.25, -0.2) is 4.98 Å². The molecule has 6 heteroatoms. The van der Waals surface area contributed by atoms with Crippen LogP contribution in [0, 0.1) is 0 Å². The minimum absolute atomic E-state index is 0.164. The summed E-state index contributed by atoms with van der Waals surface area (Å²) in [7, 11) is 0. The molecule has 2 aromatic rings. The first-order valence-electron chi connectivity index (χ1n) is 6.37. The number of aromatic nitrogens is 1. The average Bonchev–Trinajstić information content (AvgIpc) is 2.74. The van der Waals surface area contributed by atoms with Crippen molar-refractivity contribution in [1.29, 1.82) is 0 Å². The van der Waals surface area contributed by atoms with Crippen molar-refractivity contribution in [3.63, 3.8) is 0 Å². The Balaban J connectivity index is 1.66. The van der Waals surface area contributed by atoms with Gasteiger partial charge in [-0.15, -0.1) is 0 Å². The van der Waals surface area contributed by atoms with Gasteiger partial charge in [0.25, 0.3) is 11.8 Å². The third kappa shape index (κ3) is 2.48. The quantitative estimate of drug-likeness (QED) is 0.643. The molecule has 106 valence electrons. The molecule has 1 aliphatic rings. The summed E-state index contributed by atoms with van der Waals surface area (Å²) in [4.78, 5) is 29.3. The minimum atomic E-state index is -0.295. The van der Waals surface area contributed by atoms with Crippen LogP contribution in [-0.2, 0) is 0 Å². The Bertz CT molecular complexity index is 683. The summed E-state index contributed by atoms with van der Waals surface area (Å²) in [5.74, 6) is -0.163. The van der Waals surface area contributed by atoms with Gasteiger partial charge in [-0.1, -0.05) is 23.7 Å². The van der Waals surface area contributed by atoms with Gasteiger partial charge in [0.2, 0.25) is 0 Å². The summed E-state index contributed by atoms with van der Waals surface area (Å²) >= 11 is 5.87. The first-order valence-corrected chi connectivity index (χ1v) is 6.75. The number of amides is 2. The van der Waals surface area contributed by atoms with E-state index in [2.05, 4.69) is 4.98 Å². The van der Waals surface area contributed by atoms with Crippen molar-refractivity contribution in [2.75, 3.05) is 13.2 Å². The molecule has 0 saturated heterocycles. The standard InChI is InChI=1S/C15H11ClN2O3/c16-13-12(6-3-7-17-13)21-9-8-18-14(19)10-4-1-2-5-11(10)15(18)20/h1-7H,8-9H2. The van der Waals surface area contributed by atoms with Gasteiger partial charge in [0.15, 0.2) is 10.9 Å². The summed E-state index contributed by atoms with van der Waals surface area (Å²) in [6, 6.07) is 10.1. The molecule has 2 amide bonds. The number of benzene rings is 1. The molecule has 2 heterocycles. The van der Waals surface area contributed by atoms with Gasteiger partial charge in [-0.05, 0) is 24.3 Å². The molecule has 3 rings (SSSR count). The second-order valence-electron chi connectivity index (χ2n) is 4.45. The Morgan fingerprint density at radius 2 is 1.71 bits per heavy atom. The van der Waals surface area contributed by atoms with Gasteiger partial charge < -0.3 is 4.74 Å². The highest BCUT2D eigenvalue weighted by molar-refractivity contribution is 6.30. The summed E-state index contributed by atoms with van der Waals surface area (Å²) in [6.07, 6.45) is 1.55. The highest BCUT2D eigenvalue weighted by Gasteiger charge is 2.34. The van der Waals surface area contributed by atoms with Gasteiger partial charge in [-0.2, -0.15) is 0 Å². The summed E-state index contributed by atoms with van der Waals surface area (Å²) < 4.78 is 5.45. The van der Waals surface area contributed by atoms with Crippen molar-refractivity contribution in [1.82, 2.24) is 9.88 Å². The van der Waals surface area contributed by atoms with Crippen LogP contribution in [0.1, 0.15) is 20.7 Å². The van der Waals surface area contributed by atoms with E-state index in [-0.39, 0.29) is 30.1 Å². The molecule has 21 heavy (non-hydrogen) atoms. The number of pyridine rings is 1. The molecule has 0 unspecified atom stereocenters. The minimum Gasteiger partial charge on any atom is -0.488 e. The molecule has 0 spiro atoms. The molecule has 0 atom stereocenters. The predicted octanol–water partition coefficient (Wildman–Crippen LogP) is 2.41. The number of fused-ring (bicyclic) bond motifs is 1. The lowest BCUT2D eigenvalue weighted by atomic mass is 10.1. The summed E-state index contributed by atoms with van der Waals surface area (Å²) in [5, 5.41) is 0.250. The van der Waals surface area contributed by atoms with E-state index in [0.717, 1.165) is 0 Å². The Kier molecular flexibility index (Phi) is 3.58. The van der Waals surface area contributed by atoms with Crippen molar-refractivity contribution >= 4 is 23.4 Å². The van der Waals surface area contributed by atoms with Crippen LogP contribution in [0.4, 0.5) is 0 Å². The lowest BCUT2D eigenvalue weighted by molar-refractivity contribution is 0.0631. The van der Waals surface area contributed by atoms with E-state index in [4.69, 9.17) is 16.3 Å². The largest absolute Gasteiger partial charge is 0.488 e. The van der Waals surface area contributed by atoms with Crippen LogP contribution in [0.15, 0.2) is 42.6 Å². The van der Waals surface area contributed by atoms with Crippen molar-refractivity contribution in [3.8, 4) is 5.75 Å². The first kappa shape index (κ1) is 13.6. The fraction of sp³-hybridized carbons (Fsp3) is 0.133. The number of hydrogen-bond donors (Lipinski definition) is 0. The Hall–Kier alpha value is -2.40. The van der Waals surface area contributed by atoms with Crippen LogP contribution in [0.5, 0.6) is 5.75 Å². The zero-order valence-corrected chi connectivity index (χ0v) is 11.7. The smallest absolute Gasteiger partial charge is 0.261 e. The normalized spacial score (nSPS) is 13.5. The first-order chi connectivity index (χ1) is 10.2. The van der Waals surface area contributed by atoms with Crippen molar-refractivity contribution in [3.05, 3.63) is 58.9 Å². The zero-order valence-electron chi connectivity index (χ0n) is 11.0. The van der Waals surface area contributed by atoms with Crippen LogP contribution in [0.3, 0.4) is 0 Å². The van der Waals surface area contributed by atoms with E-state index in [9.17, 15) is 9.59 Å². The maximum absolute atomic E-state index is 12.1. The number of ether oxygens (including phenoxy) is 1. The topological polar surface area (TPSA) is 59.5 Å². The van der Waals surface area contributed by atoms with Crippen LogP contribution < -0.4 is 4.74 Å². The summed E-state index contributed by atoms with van der Waals surface area (Å²) in [6.45, 7) is 0.328. The third-order valence-corrected chi connectivity index (χ3v) is 3.46. The number of rotatable bonds is 4. The van der Waals surface area contributed by atoms with E-state index in [0.29, 0.717) is 16.9 Å². The second kappa shape index (κ2) is 5.54. The predicted molar refractivity (Wildman–Crippen MR) is 76.6 cm³/mol. The lowest BCUT2D eigenvalue weighted by Gasteiger charge is -2.14. The lowest BCUT2D eigenvalue weighted by Crippen LogP contribution is -2.33. The molecule has 1 aromatic heterocycles. The van der Waals surface area contributed by atoms with Gasteiger partial charge in [-0.3, -0.25) is 14.5 Å². The highest BCUT2D eigenvalue weighted by Crippen LogP contribution is 2.23. The molecule has 1 aromatic carbocycles. The van der Waals surface area contributed by atoms with Crippen LogP contribution in [0.2, 0.25) is 5.15 Å². The molecular weight excluding hydrogens is 292 g/mol. The van der Waals surface area contributed by atoms with E-state index >= 15 is 0 Å². The Morgan fingerprint density at radius 1 is 1.05 bits per heavy atom. The van der Waals surface area contributed by atoms with Crippen LogP contribution >= 0.6 is 11.6 Å². The van der Waals surface area contributed by atoms with Crippen molar-refractivity contribution in [2.45, 2.75) is 0 Å². The molecule has 5 nitrogen and oxygen atoms in total. The SMILES string of the molecule is O=C1c2ccccc2C(=O)N1CCOc1cccnc1Cl. The molecule has 0 aliphatic carbocycles. The van der Waals surface area contributed by atoms with Gasteiger partial charge in [0, 0.05) is 6.20 Å². The van der Waals surface area contributed by atoms with Gasteiger partial charge in [0.1, 0.15) is 6.61 Å². The molecule has 0 radical (unpaired) electrons. The van der Waals surface area contributed by atoms with Crippen LogP contribution in [0.25, 0.3) is 0 Å². The van der Waals surface area contributed by atoms with Gasteiger partial charge >= 0.3 is 0 Å². The molecule has 0 saturated carbocycles. The third-order valence-electron chi connectivity index (χ3n) is 3.18. The fourth-order valence-corrected chi connectivity index (χ4v) is 2.34. The number of carbonyl (C=O) groups excluding carboxylic acids is 2. The summed E-state index contributed by atoms with van der Waals surface area (Å²) in [5.41, 5.74) is 0.865. The molecule has 1 aliphatic heterocycles. The van der Waals surface area contributed by atoms with Crippen molar-refractivity contribution < 1.29 is 14.3 Å². The number of imide groups is 1. The van der Waals surface area contributed by atoms with Crippen molar-refractivity contribution in [2.24, 2.45) is 0 Å². The highest BCUT2D eigenvalue weighted by atomic mass is 35.5. The van der Waals surface area contributed by atoms with E-state index in [1.807, 2.05) is 0 Å². The number of carbonyl (C=O) groups is 2. The van der Waals surface area contributed by atoms with E-state index in [1.54, 1.807) is 42.6 Å². The maximum atomic E-state index is 12.1. The average molecular weight is 303 g/mol. The Labute approximate surface area is 126 Å². The van der Waals surface area contributed by atoms with E-state index in [1.165, 1.54) is 4.90 Å². The monoisotopic (exact) mass is 302 g/mol. The van der Waals surface area contributed by atoms with Gasteiger partial charge in [0.05, 0.1) is 17.7 Å². The van der Waals surface area contributed by atoms with Crippen LogP contribution in [-0.4, -0.2) is 34.8 Å². The molecule has 0 bridgehead atoms. The number of halogens is 1.